The molecule has 0 aromatic rings. The minimum absolute atomic E-state index is 0.800. The van der Waals surface area contributed by atoms with Crippen LogP contribution < -0.4 is 0 Å². The zero-order chi connectivity index (χ0) is 13.5. The number of fused-ring (bicyclic) bond motifs is 1. The standard InChI is InChI=1S/C16H30N2S/c1-4-19(3)17(2)15-12-8-9-13-16(15)18(19)14-10-6-5-7-11-14/h4,14-16H,1,5-13H2,2-3H3. The summed E-state index contributed by atoms with van der Waals surface area (Å²) in [7, 11) is 1.45. The molecule has 3 fully saturated rings. The van der Waals surface area contributed by atoms with Gasteiger partial charge in [0.1, 0.15) is 0 Å². The van der Waals surface area contributed by atoms with Crippen LogP contribution in [0.5, 0.6) is 0 Å². The smallest absolute Gasteiger partial charge is 0.0369 e. The van der Waals surface area contributed by atoms with Gasteiger partial charge in [-0.3, -0.25) is 4.31 Å². The fraction of sp³-hybridized carbons (Fsp3) is 0.875. The lowest BCUT2D eigenvalue weighted by molar-refractivity contribution is 0.163. The van der Waals surface area contributed by atoms with Crippen molar-refractivity contribution in [1.82, 2.24) is 8.61 Å². The van der Waals surface area contributed by atoms with Crippen molar-refractivity contribution in [2.45, 2.75) is 75.9 Å². The van der Waals surface area contributed by atoms with E-state index in [9.17, 15) is 0 Å². The minimum Gasteiger partial charge on any atom is -0.251 e. The molecule has 3 unspecified atom stereocenters. The number of rotatable bonds is 2. The molecule has 3 atom stereocenters. The third kappa shape index (κ3) is 2.18. The SMILES string of the molecule is C=CS1(C)N(C)C2CCCCC2N1C1CCCCC1. The summed E-state index contributed by atoms with van der Waals surface area (Å²) < 4.78 is 5.65. The average molecular weight is 282 g/mol. The Labute approximate surface area is 120 Å². The lowest BCUT2D eigenvalue weighted by Crippen LogP contribution is -2.44. The highest BCUT2D eigenvalue weighted by molar-refractivity contribution is 8.31. The molecule has 0 radical (unpaired) electrons. The number of likely N-dealkylation sites (N-methyl/N-ethyl adjacent to an activating group) is 1. The Kier molecular flexibility index (Phi) is 3.98. The lowest BCUT2D eigenvalue weighted by atomic mass is 9.88. The fourth-order valence-electron chi connectivity index (χ4n) is 4.62. The highest BCUT2D eigenvalue weighted by Crippen LogP contribution is 2.63. The van der Waals surface area contributed by atoms with E-state index in [2.05, 4.69) is 33.9 Å². The Hall–Kier alpha value is 0.01000. The first kappa shape index (κ1) is 14.0. The van der Waals surface area contributed by atoms with E-state index in [1.807, 2.05) is 0 Å². The van der Waals surface area contributed by atoms with Gasteiger partial charge in [0.15, 0.2) is 0 Å². The summed E-state index contributed by atoms with van der Waals surface area (Å²) in [5, 5.41) is 2.29. The second kappa shape index (κ2) is 5.42. The molecular formula is C16H30N2S. The third-order valence-electron chi connectivity index (χ3n) is 5.75. The summed E-state index contributed by atoms with van der Waals surface area (Å²) in [5.74, 6) is 0. The first-order valence-corrected chi connectivity index (χ1v) is 10.1. The molecule has 3 rings (SSSR count). The molecule has 0 amide bonds. The van der Waals surface area contributed by atoms with Crippen LogP contribution in [0.25, 0.3) is 0 Å². The van der Waals surface area contributed by atoms with Crippen LogP contribution in [0, 0.1) is 0 Å². The fourth-order valence-corrected chi connectivity index (χ4v) is 7.73. The van der Waals surface area contributed by atoms with Crippen LogP contribution in [0.15, 0.2) is 12.0 Å². The van der Waals surface area contributed by atoms with Gasteiger partial charge in [-0.15, -0.1) is 10.4 Å². The number of hydrogen-bond acceptors (Lipinski definition) is 2. The molecule has 2 saturated carbocycles. The van der Waals surface area contributed by atoms with Gasteiger partial charge in [0.2, 0.25) is 0 Å². The molecule has 1 saturated heterocycles. The van der Waals surface area contributed by atoms with E-state index in [4.69, 9.17) is 0 Å². The zero-order valence-electron chi connectivity index (χ0n) is 12.7. The van der Waals surface area contributed by atoms with E-state index in [1.54, 1.807) is 0 Å². The van der Waals surface area contributed by atoms with Crippen LogP contribution in [0.2, 0.25) is 0 Å². The molecule has 0 N–H and O–H groups in total. The summed E-state index contributed by atoms with van der Waals surface area (Å²) in [5.41, 5.74) is 0. The van der Waals surface area contributed by atoms with Gasteiger partial charge in [0, 0.05) is 18.1 Å². The second-order valence-corrected chi connectivity index (χ2v) is 9.79. The van der Waals surface area contributed by atoms with Gasteiger partial charge >= 0.3 is 0 Å². The zero-order valence-corrected chi connectivity index (χ0v) is 13.5. The molecule has 110 valence electrons. The van der Waals surface area contributed by atoms with Crippen LogP contribution in [-0.4, -0.2) is 40.0 Å². The van der Waals surface area contributed by atoms with Crippen molar-refractivity contribution in [2.75, 3.05) is 13.3 Å². The molecule has 19 heavy (non-hydrogen) atoms. The van der Waals surface area contributed by atoms with E-state index in [-0.39, 0.29) is 0 Å². The highest BCUT2D eigenvalue weighted by Gasteiger charge is 2.51. The first-order valence-electron chi connectivity index (χ1n) is 8.11. The molecule has 0 aromatic carbocycles. The second-order valence-electron chi connectivity index (χ2n) is 6.68. The predicted octanol–water partition coefficient (Wildman–Crippen LogP) is 4.29. The number of hydrogen-bond donors (Lipinski definition) is 0. The number of nitrogens with zero attached hydrogens (tertiary/aromatic N) is 2. The van der Waals surface area contributed by atoms with Crippen molar-refractivity contribution >= 4 is 10.4 Å². The van der Waals surface area contributed by atoms with E-state index in [0.29, 0.717) is 0 Å². The third-order valence-corrected chi connectivity index (χ3v) is 9.24. The highest BCUT2D eigenvalue weighted by atomic mass is 32.3. The summed E-state index contributed by atoms with van der Waals surface area (Å²) in [4.78, 5) is 0. The van der Waals surface area contributed by atoms with E-state index in [0.717, 1.165) is 18.1 Å². The van der Waals surface area contributed by atoms with Gasteiger partial charge in [-0.25, -0.2) is 4.31 Å². The van der Waals surface area contributed by atoms with Crippen LogP contribution in [-0.2, 0) is 0 Å². The quantitative estimate of drug-likeness (QED) is 0.745. The molecule has 2 aliphatic carbocycles. The molecule has 3 aliphatic rings. The molecule has 3 heteroatoms. The summed E-state index contributed by atoms with van der Waals surface area (Å²) in [6, 6.07) is 2.45. The molecular weight excluding hydrogens is 252 g/mol. The average Bonchev–Trinajstić information content (AvgIpc) is 2.70. The van der Waals surface area contributed by atoms with Crippen molar-refractivity contribution < 1.29 is 0 Å². The molecule has 2 nitrogen and oxygen atoms in total. The Morgan fingerprint density at radius 3 is 2.16 bits per heavy atom. The Balaban J connectivity index is 1.90. The maximum Gasteiger partial charge on any atom is 0.0369 e. The van der Waals surface area contributed by atoms with Crippen molar-refractivity contribution in [3.63, 3.8) is 0 Å². The van der Waals surface area contributed by atoms with Crippen LogP contribution >= 0.6 is 10.4 Å². The lowest BCUT2D eigenvalue weighted by Gasteiger charge is -2.48. The van der Waals surface area contributed by atoms with Gasteiger partial charge in [0.25, 0.3) is 0 Å². The predicted molar refractivity (Wildman–Crippen MR) is 86.2 cm³/mol. The Morgan fingerprint density at radius 1 is 0.947 bits per heavy atom. The van der Waals surface area contributed by atoms with Gasteiger partial charge in [-0.1, -0.05) is 38.7 Å². The topological polar surface area (TPSA) is 6.48 Å². The van der Waals surface area contributed by atoms with Crippen LogP contribution in [0.4, 0.5) is 0 Å². The maximum atomic E-state index is 4.22. The molecule has 0 aromatic heterocycles. The Bertz CT molecular complexity index is 340. The van der Waals surface area contributed by atoms with Crippen molar-refractivity contribution in [2.24, 2.45) is 0 Å². The first-order chi connectivity index (χ1) is 9.18. The summed E-state index contributed by atoms with van der Waals surface area (Å²) >= 11 is 0. The molecule has 1 heterocycles. The van der Waals surface area contributed by atoms with Crippen molar-refractivity contribution in [3.05, 3.63) is 12.0 Å². The molecule has 0 bridgehead atoms. The molecule has 1 aliphatic heterocycles. The molecule has 0 spiro atoms. The monoisotopic (exact) mass is 282 g/mol. The van der Waals surface area contributed by atoms with Gasteiger partial charge in [-0.2, -0.15) is 0 Å². The van der Waals surface area contributed by atoms with E-state index in [1.165, 1.54) is 57.8 Å². The summed E-state index contributed by atoms with van der Waals surface area (Å²) in [6.07, 6.45) is 15.3. The van der Waals surface area contributed by atoms with Gasteiger partial charge < -0.3 is 0 Å². The maximum absolute atomic E-state index is 4.22. The minimum atomic E-state index is -0.913. The van der Waals surface area contributed by atoms with Gasteiger partial charge in [0.05, 0.1) is 0 Å². The van der Waals surface area contributed by atoms with Crippen LogP contribution in [0.3, 0.4) is 0 Å². The summed E-state index contributed by atoms with van der Waals surface area (Å²) in [6.45, 7) is 4.22. The normalized spacial score (nSPS) is 45.6. The van der Waals surface area contributed by atoms with Crippen molar-refractivity contribution in [1.29, 1.82) is 0 Å². The van der Waals surface area contributed by atoms with Gasteiger partial charge in [-0.05, 0) is 44.4 Å². The van der Waals surface area contributed by atoms with E-state index >= 15 is 0 Å². The largest absolute Gasteiger partial charge is 0.251 e. The van der Waals surface area contributed by atoms with Crippen molar-refractivity contribution in [3.8, 4) is 0 Å². The van der Waals surface area contributed by atoms with Crippen LogP contribution in [0.1, 0.15) is 57.8 Å². The Morgan fingerprint density at radius 2 is 1.53 bits per heavy atom. The van der Waals surface area contributed by atoms with E-state index < -0.39 is 10.4 Å².